The van der Waals surface area contributed by atoms with Gasteiger partial charge in [0.25, 0.3) is 5.56 Å². The molecule has 7 nitrogen and oxygen atoms in total. The fourth-order valence-electron chi connectivity index (χ4n) is 3.28. The number of nitrogens with one attached hydrogen (secondary N) is 2. The molecule has 3 aromatic carbocycles. The van der Waals surface area contributed by atoms with Gasteiger partial charge in [-0.25, -0.2) is 9.48 Å². The first-order valence-electron chi connectivity index (χ1n) is 9.69. The maximum Gasteiger partial charge on any atom is 0.315 e. The molecule has 0 unspecified atom stereocenters. The number of fused-ring (bicyclic) bond motifs is 1. The molecule has 0 bridgehead atoms. The van der Waals surface area contributed by atoms with Crippen molar-refractivity contribution in [1.29, 1.82) is 0 Å². The quantitative estimate of drug-likeness (QED) is 0.522. The Kier molecular flexibility index (Phi) is 5.80. The summed E-state index contributed by atoms with van der Waals surface area (Å²) in [4.78, 5) is 25.0. The van der Waals surface area contributed by atoms with Crippen LogP contribution in [0.4, 0.5) is 4.79 Å². The van der Waals surface area contributed by atoms with Crippen LogP contribution in [0.5, 0.6) is 0 Å². The van der Waals surface area contributed by atoms with Crippen LogP contribution < -0.4 is 16.2 Å². The molecule has 2 N–H and O–H groups in total. The first-order chi connectivity index (χ1) is 14.7. The summed E-state index contributed by atoms with van der Waals surface area (Å²) < 4.78 is 1.26. The van der Waals surface area contributed by atoms with E-state index in [2.05, 4.69) is 20.9 Å². The fraction of sp³-hybridized carbons (Fsp3) is 0.130. The highest BCUT2D eigenvalue weighted by molar-refractivity contribution is 5.76. The minimum Gasteiger partial charge on any atom is -0.336 e. The van der Waals surface area contributed by atoms with Crippen LogP contribution in [0.3, 0.4) is 0 Å². The summed E-state index contributed by atoms with van der Waals surface area (Å²) >= 11 is 0. The van der Waals surface area contributed by atoms with Crippen molar-refractivity contribution in [2.45, 2.75) is 12.6 Å². The number of hydrogen-bond acceptors (Lipinski definition) is 4. The van der Waals surface area contributed by atoms with Crippen LogP contribution in [-0.2, 0) is 6.54 Å². The molecule has 0 saturated carbocycles. The van der Waals surface area contributed by atoms with E-state index in [1.807, 2.05) is 66.7 Å². The molecule has 1 heterocycles. The van der Waals surface area contributed by atoms with E-state index in [-0.39, 0.29) is 30.7 Å². The molecule has 0 radical (unpaired) electrons. The second-order valence-electron chi connectivity index (χ2n) is 6.79. The highest BCUT2D eigenvalue weighted by Gasteiger charge is 2.16. The fourth-order valence-corrected chi connectivity index (χ4v) is 3.28. The normalized spacial score (nSPS) is 10.8. The zero-order chi connectivity index (χ0) is 20.8. The van der Waals surface area contributed by atoms with E-state index in [9.17, 15) is 9.59 Å². The molecule has 0 aliphatic heterocycles. The van der Waals surface area contributed by atoms with Gasteiger partial charge >= 0.3 is 6.03 Å². The first kappa shape index (κ1) is 19.3. The third-order valence-corrected chi connectivity index (χ3v) is 4.78. The average molecular weight is 399 g/mol. The second kappa shape index (κ2) is 9.00. The lowest BCUT2D eigenvalue weighted by molar-refractivity contribution is 0.238. The molecule has 4 rings (SSSR count). The molecule has 0 aliphatic carbocycles. The smallest absolute Gasteiger partial charge is 0.315 e. The summed E-state index contributed by atoms with van der Waals surface area (Å²) in [5.74, 6) is 0. The van der Waals surface area contributed by atoms with E-state index in [0.29, 0.717) is 10.9 Å². The molecule has 0 spiro atoms. The van der Waals surface area contributed by atoms with E-state index in [1.54, 1.807) is 18.2 Å². The van der Waals surface area contributed by atoms with Crippen molar-refractivity contribution in [1.82, 2.24) is 25.6 Å². The van der Waals surface area contributed by atoms with E-state index < -0.39 is 0 Å². The molecule has 0 fully saturated rings. The van der Waals surface area contributed by atoms with Crippen molar-refractivity contribution in [3.63, 3.8) is 0 Å². The van der Waals surface area contributed by atoms with Gasteiger partial charge in [0.05, 0.1) is 18.0 Å². The van der Waals surface area contributed by atoms with Crippen molar-refractivity contribution in [3.05, 3.63) is 106 Å². The molecule has 7 heteroatoms. The number of nitrogens with zero attached hydrogens (tertiary/aromatic N) is 3. The van der Waals surface area contributed by atoms with Crippen molar-refractivity contribution >= 4 is 16.9 Å². The summed E-state index contributed by atoms with van der Waals surface area (Å²) in [6.07, 6.45) is 0. The maximum atomic E-state index is 12.5. The van der Waals surface area contributed by atoms with Gasteiger partial charge in [-0.05, 0) is 23.3 Å². The predicted octanol–water partition coefficient (Wildman–Crippen LogP) is 2.88. The number of hydrogen-bond donors (Lipinski definition) is 2. The third kappa shape index (κ3) is 4.35. The summed E-state index contributed by atoms with van der Waals surface area (Å²) in [7, 11) is 0. The number of benzene rings is 3. The van der Waals surface area contributed by atoms with Crippen molar-refractivity contribution in [2.24, 2.45) is 0 Å². The Balaban J connectivity index is 1.42. The molecule has 0 saturated heterocycles. The number of amides is 2. The SMILES string of the molecule is O=C(NCCn1nnc2ccccc2c1=O)NC(c1ccccc1)c1ccccc1. The molecule has 4 aromatic rings. The van der Waals surface area contributed by atoms with Gasteiger partial charge in [-0.2, -0.15) is 0 Å². The molecule has 0 atom stereocenters. The second-order valence-corrected chi connectivity index (χ2v) is 6.79. The van der Waals surface area contributed by atoms with Gasteiger partial charge in [-0.1, -0.05) is 78.0 Å². The topological polar surface area (TPSA) is 88.9 Å². The van der Waals surface area contributed by atoms with E-state index >= 15 is 0 Å². The maximum absolute atomic E-state index is 12.5. The highest BCUT2D eigenvalue weighted by Crippen LogP contribution is 2.21. The van der Waals surface area contributed by atoms with Gasteiger partial charge < -0.3 is 10.6 Å². The van der Waals surface area contributed by atoms with Crippen LogP contribution in [0.1, 0.15) is 17.2 Å². The lowest BCUT2D eigenvalue weighted by Crippen LogP contribution is -2.40. The third-order valence-electron chi connectivity index (χ3n) is 4.78. The monoisotopic (exact) mass is 399 g/mol. The Morgan fingerprint density at radius 2 is 1.47 bits per heavy atom. The van der Waals surface area contributed by atoms with Gasteiger partial charge in [0.15, 0.2) is 0 Å². The van der Waals surface area contributed by atoms with Crippen molar-refractivity contribution < 1.29 is 4.79 Å². The van der Waals surface area contributed by atoms with Gasteiger partial charge in [0.1, 0.15) is 5.52 Å². The Morgan fingerprint density at radius 1 is 0.867 bits per heavy atom. The van der Waals surface area contributed by atoms with Gasteiger partial charge in [0.2, 0.25) is 0 Å². The number of urea groups is 1. The molecule has 150 valence electrons. The van der Waals surface area contributed by atoms with Crippen LogP contribution in [-0.4, -0.2) is 27.6 Å². The van der Waals surface area contributed by atoms with E-state index in [1.165, 1.54) is 4.68 Å². The van der Waals surface area contributed by atoms with E-state index in [4.69, 9.17) is 0 Å². The predicted molar refractivity (Wildman–Crippen MR) is 115 cm³/mol. The lowest BCUT2D eigenvalue weighted by atomic mass is 9.99. The van der Waals surface area contributed by atoms with Crippen molar-refractivity contribution in [3.8, 4) is 0 Å². The van der Waals surface area contributed by atoms with Gasteiger partial charge in [-0.15, -0.1) is 5.10 Å². The number of aromatic nitrogens is 3. The number of rotatable bonds is 6. The average Bonchev–Trinajstić information content (AvgIpc) is 2.80. The molecule has 2 amide bonds. The Morgan fingerprint density at radius 3 is 2.13 bits per heavy atom. The Hall–Kier alpha value is -4.00. The summed E-state index contributed by atoms with van der Waals surface area (Å²) in [5.41, 5.74) is 2.29. The van der Waals surface area contributed by atoms with Gasteiger partial charge in [0, 0.05) is 6.54 Å². The van der Waals surface area contributed by atoms with E-state index in [0.717, 1.165) is 11.1 Å². The first-order valence-corrected chi connectivity index (χ1v) is 9.69. The van der Waals surface area contributed by atoms with Crippen LogP contribution in [0, 0.1) is 0 Å². The van der Waals surface area contributed by atoms with Crippen molar-refractivity contribution in [2.75, 3.05) is 6.54 Å². The van der Waals surface area contributed by atoms with Crippen LogP contribution in [0.25, 0.3) is 10.9 Å². The molecular formula is C23H21N5O2. The highest BCUT2D eigenvalue weighted by atomic mass is 16.2. The van der Waals surface area contributed by atoms with Gasteiger partial charge in [-0.3, -0.25) is 4.79 Å². The standard InChI is InChI=1S/C23H21N5O2/c29-22-19-13-7-8-14-20(19)26-27-28(22)16-15-24-23(30)25-21(17-9-3-1-4-10-17)18-11-5-2-6-12-18/h1-14,21H,15-16H2,(H2,24,25,30). The van der Waals surface area contributed by atoms with Crippen LogP contribution in [0.2, 0.25) is 0 Å². The Labute approximate surface area is 173 Å². The lowest BCUT2D eigenvalue weighted by Gasteiger charge is -2.20. The number of carbonyl (C=O) groups excluding carboxylic acids is 1. The minimum absolute atomic E-state index is 0.228. The zero-order valence-electron chi connectivity index (χ0n) is 16.2. The largest absolute Gasteiger partial charge is 0.336 e. The molecule has 1 aromatic heterocycles. The summed E-state index contributed by atoms with van der Waals surface area (Å²) in [6, 6.07) is 26.0. The van der Waals surface area contributed by atoms with Crippen LogP contribution >= 0.6 is 0 Å². The number of carbonyl (C=O) groups is 1. The summed E-state index contributed by atoms with van der Waals surface area (Å²) in [5, 5.41) is 14.3. The minimum atomic E-state index is -0.325. The molecule has 30 heavy (non-hydrogen) atoms. The Bertz CT molecular complexity index is 1150. The molecular weight excluding hydrogens is 378 g/mol. The summed E-state index contributed by atoms with van der Waals surface area (Å²) in [6.45, 7) is 0.473. The molecule has 0 aliphatic rings. The van der Waals surface area contributed by atoms with Crippen LogP contribution in [0.15, 0.2) is 89.7 Å². The zero-order valence-corrected chi connectivity index (χ0v) is 16.2.